The lowest BCUT2D eigenvalue weighted by atomic mass is 10.1. The quantitative estimate of drug-likeness (QED) is 0.480. The number of carbonyl (C=O) groups is 2. The Hall–Kier alpha value is -1.79. The first-order valence-corrected chi connectivity index (χ1v) is 12.3. The average molecular weight is 489 g/mol. The highest BCUT2D eigenvalue weighted by Gasteiger charge is 2.28. The van der Waals surface area contributed by atoms with E-state index in [1.54, 1.807) is 16.7 Å². The van der Waals surface area contributed by atoms with Crippen LogP contribution in [-0.2, 0) is 16.1 Å². The van der Waals surface area contributed by atoms with Crippen molar-refractivity contribution in [3.05, 3.63) is 64.6 Å². The van der Waals surface area contributed by atoms with Crippen LogP contribution in [0.1, 0.15) is 44.6 Å². The van der Waals surface area contributed by atoms with Gasteiger partial charge in [0.1, 0.15) is 6.04 Å². The van der Waals surface area contributed by atoms with Gasteiger partial charge in [-0.25, -0.2) is 0 Å². The minimum atomic E-state index is -0.497. The van der Waals surface area contributed by atoms with E-state index in [9.17, 15) is 9.59 Å². The lowest BCUT2D eigenvalue weighted by Gasteiger charge is -2.30. The van der Waals surface area contributed by atoms with Crippen molar-refractivity contribution in [1.29, 1.82) is 0 Å². The van der Waals surface area contributed by atoms with Crippen molar-refractivity contribution in [2.24, 2.45) is 0 Å². The molecule has 0 saturated heterocycles. The van der Waals surface area contributed by atoms with Crippen molar-refractivity contribution < 1.29 is 9.59 Å². The maximum Gasteiger partial charge on any atom is 0.242 e. The van der Waals surface area contributed by atoms with Crippen LogP contribution in [-0.4, -0.2) is 34.6 Å². The lowest BCUT2D eigenvalue weighted by Crippen LogP contribution is -2.49. The average Bonchev–Trinajstić information content (AvgIpc) is 3.26. The molecule has 0 heterocycles. The molecule has 6 heteroatoms. The monoisotopic (exact) mass is 488 g/mol. The zero-order valence-corrected chi connectivity index (χ0v) is 19.8. The SMILES string of the molecule is C[C@@H](C(=O)NC1CCCC1)N(Cc1ccc(Br)cc1)C(=O)CCSc1ccccc1. The summed E-state index contributed by atoms with van der Waals surface area (Å²) >= 11 is 5.12. The van der Waals surface area contributed by atoms with Crippen molar-refractivity contribution in [2.45, 2.75) is 62.6 Å². The van der Waals surface area contributed by atoms with Crippen molar-refractivity contribution in [1.82, 2.24) is 10.2 Å². The third kappa shape index (κ3) is 6.88. The van der Waals surface area contributed by atoms with Gasteiger partial charge in [0, 0.05) is 34.1 Å². The summed E-state index contributed by atoms with van der Waals surface area (Å²) < 4.78 is 0.996. The molecule has 1 N–H and O–H groups in total. The van der Waals surface area contributed by atoms with Crippen LogP contribution in [0.25, 0.3) is 0 Å². The number of rotatable bonds is 9. The molecule has 0 aliphatic heterocycles. The van der Waals surface area contributed by atoms with Crippen LogP contribution in [0.15, 0.2) is 64.0 Å². The van der Waals surface area contributed by atoms with Crippen molar-refractivity contribution >= 4 is 39.5 Å². The van der Waals surface area contributed by atoms with E-state index < -0.39 is 6.04 Å². The Morgan fingerprint density at radius 2 is 1.77 bits per heavy atom. The summed E-state index contributed by atoms with van der Waals surface area (Å²) in [5.41, 5.74) is 1.02. The van der Waals surface area contributed by atoms with Gasteiger partial charge < -0.3 is 10.2 Å². The van der Waals surface area contributed by atoms with Gasteiger partial charge in [0.2, 0.25) is 11.8 Å². The molecule has 0 spiro atoms. The van der Waals surface area contributed by atoms with Crippen molar-refractivity contribution in [3.63, 3.8) is 0 Å². The summed E-state index contributed by atoms with van der Waals surface area (Å²) in [4.78, 5) is 28.8. The lowest BCUT2D eigenvalue weighted by molar-refractivity contribution is -0.140. The first-order valence-electron chi connectivity index (χ1n) is 10.5. The van der Waals surface area contributed by atoms with Gasteiger partial charge in [0.15, 0.2) is 0 Å². The molecule has 4 nitrogen and oxygen atoms in total. The second-order valence-corrected chi connectivity index (χ2v) is 9.81. The second kappa shape index (κ2) is 11.6. The molecule has 160 valence electrons. The van der Waals surface area contributed by atoms with Crippen molar-refractivity contribution in [2.75, 3.05) is 5.75 Å². The van der Waals surface area contributed by atoms with Crippen molar-refractivity contribution in [3.8, 4) is 0 Å². The van der Waals surface area contributed by atoms with E-state index in [-0.39, 0.29) is 17.9 Å². The second-order valence-electron chi connectivity index (χ2n) is 7.73. The number of amides is 2. The molecule has 3 rings (SSSR count). The molecule has 2 aromatic carbocycles. The van der Waals surface area contributed by atoms with Crippen LogP contribution < -0.4 is 5.32 Å². The molecule has 0 unspecified atom stereocenters. The van der Waals surface area contributed by atoms with E-state index in [1.807, 2.05) is 61.5 Å². The maximum absolute atomic E-state index is 13.1. The number of hydrogen-bond acceptors (Lipinski definition) is 3. The Labute approximate surface area is 191 Å². The predicted octanol–water partition coefficient (Wildman–Crippen LogP) is 5.41. The fourth-order valence-corrected chi connectivity index (χ4v) is 4.80. The van der Waals surface area contributed by atoms with Crippen LogP contribution in [0.4, 0.5) is 0 Å². The predicted molar refractivity (Wildman–Crippen MR) is 126 cm³/mol. The number of hydrogen-bond donors (Lipinski definition) is 1. The summed E-state index contributed by atoms with van der Waals surface area (Å²) in [6, 6.07) is 17.7. The summed E-state index contributed by atoms with van der Waals surface area (Å²) in [7, 11) is 0. The number of halogens is 1. The summed E-state index contributed by atoms with van der Waals surface area (Å²) in [5.74, 6) is 0.648. The molecule has 0 bridgehead atoms. The van der Waals surface area contributed by atoms with E-state index in [2.05, 4.69) is 21.2 Å². The normalized spacial score (nSPS) is 15.0. The van der Waals surface area contributed by atoms with Gasteiger partial charge in [-0.2, -0.15) is 0 Å². The van der Waals surface area contributed by atoms with Gasteiger partial charge in [0.05, 0.1) is 0 Å². The van der Waals surface area contributed by atoms with Crippen LogP contribution in [0.2, 0.25) is 0 Å². The third-order valence-electron chi connectivity index (χ3n) is 5.46. The number of nitrogens with zero attached hydrogens (tertiary/aromatic N) is 1. The molecule has 1 saturated carbocycles. The molecule has 0 aromatic heterocycles. The number of carbonyl (C=O) groups excluding carboxylic acids is 2. The summed E-state index contributed by atoms with van der Waals surface area (Å²) in [5, 5.41) is 3.15. The highest BCUT2D eigenvalue weighted by atomic mass is 79.9. The van der Waals surface area contributed by atoms with E-state index in [0.29, 0.717) is 18.7 Å². The zero-order chi connectivity index (χ0) is 21.3. The van der Waals surface area contributed by atoms with E-state index >= 15 is 0 Å². The van der Waals surface area contributed by atoms with Crippen LogP contribution in [0, 0.1) is 0 Å². The highest BCUT2D eigenvalue weighted by Crippen LogP contribution is 2.21. The Morgan fingerprint density at radius 1 is 1.10 bits per heavy atom. The molecular weight excluding hydrogens is 460 g/mol. The van der Waals surface area contributed by atoms with Gasteiger partial charge in [-0.1, -0.05) is 59.1 Å². The van der Waals surface area contributed by atoms with Gasteiger partial charge >= 0.3 is 0 Å². The third-order valence-corrected chi connectivity index (χ3v) is 7.01. The van der Waals surface area contributed by atoms with Crippen LogP contribution >= 0.6 is 27.7 Å². The molecule has 30 heavy (non-hydrogen) atoms. The number of nitrogens with one attached hydrogen (secondary N) is 1. The van der Waals surface area contributed by atoms with Gasteiger partial charge in [-0.15, -0.1) is 11.8 Å². The first kappa shape index (κ1) is 22.9. The van der Waals surface area contributed by atoms with Gasteiger partial charge in [-0.3, -0.25) is 9.59 Å². The van der Waals surface area contributed by atoms with E-state index in [0.717, 1.165) is 40.6 Å². The fourth-order valence-electron chi connectivity index (χ4n) is 3.68. The minimum absolute atomic E-state index is 0.00965. The topological polar surface area (TPSA) is 49.4 Å². The van der Waals surface area contributed by atoms with E-state index in [4.69, 9.17) is 0 Å². The Bertz CT molecular complexity index is 823. The molecule has 2 amide bonds. The summed E-state index contributed by atoms with van der Waals surface area (Å²) in [6.45, 7) is 2.27. The molecular formula is C24H29BrN2O2S. The number of thioether (sulfide) groups is 1. The molecule has 2 aromatic rings. The van der Waals surface area contributed by atoms with Crippen LogP contribution in [0.3, 0.4) is 0 Å². The highest BCUT2D eigenvalue weighted by molar-refractivity contribution is 9.10. The van der Waals surface area contributed by atoms with Gasteiger partial charge in [0.25, 0.3) is 0 Å². The minimum Gasteiger partial charge on any atom is -0.352 e. The molecule has 1 aliphatic carbocycles. The molecule has 1 atom stereocenters. The maximum atomic E-state index is 13.1. The Kier molecular flexibility index (Phi) is 8.82. The zero-order valence-electron chi connectivity index (χ0n) is 17.4. The largest absolute Gasteiger partial charge is 0.352 e. The Morgan fingerprint density at radius 3 is 2.43 bits per heavy atom. The summed E-state index contributed by atoms with van der Waals surface area (Å²) in [6.07, 6.45) is 4.80. The number of benzene rings is 2. The Balaban J connectivity index is 1.64. The first-order chi connectivity index (χ1) is 14.5. The van der Waals surface area contributed by atoms with Crippen LogP contribution in [0.5, 0.6) is 0 Å². The molecule has 0 radical (unpaired) electrons. The van der Waals surface area contributed by atoms with E-state index in [1.165, 1.54) is 0 Å². The van der Waals surface area contributed by atoms with Gasteiger partial charge in [-0.05, 0) is 49.6 Å². The smallest absolute Gasteiger partial charge is 0.242 e. The molecule has 1 fully saturated rings. The fraction of sp³-hybridized carbons (Fsp3) is 0.417. The molecule has 1 aliphatic rings. The standard InChI is InChI=1S/C24H29BrN2O2S/c1-18(24(29)26-21-7-5-6-8-21)27(17-19-11-13-20(25)14-12-19)23(28)15-16-30-22-9-3-2-4-10-22/h2-4,9-14,18,21H,5-8,15-17H2,1H3,(H,26,29)/t18-/m0/s1.